The Morgan fingerprint density at radius 2 is 1.65 bits per heavy atom. The maximum absolute atomic E-state index is 11.8. The van der Waals surface area contributed by atoms with Crippen LogP contribution in [0.2, 0.25) is 0 Å². The lowest BCUT2D eigenvalue weighted by molar-refractivity contribution is -0.0105. The number of nitrogens with zero attached hydrogens (tertiary/aromatic N) is 1. The molecule has 0 bridgehead atoms. The van der Waals surface area contributed by atoms with Gasteiger partial charge in [-0.3, -0.25) is 0 Å². The highest BCUT2D eigenvalue weighted by molar-refractivity contribution is 5.35. The highest BCUT2D eigenvalue weighted by atomic mass is 16.5. The van der Waals surface area contributed by atoms with Crippen LogP contribution in [-0.2, 0) is 5.60 Å². The number of aliphatic hydroxyl groups is 1. The molecule has 26 heavy (non-hydrogen) atoms. The summed E-state index contributed by atoms with van der Waals surface area (Å²) in [5, 5.41) is 11.8. The fraction of sp³-hybridized carbons (Fsp3) is 0.478. The van der Waals surface area contributed by atoms with Crippen molar-refractivity contribution in [3.8, 4) is 5.75 Å². The number of benzene rings is 2. The van der Waals surface area contributed by atoms with Gasteiger partial charge in [0.1, 0.15) is 5.75 Å². The summed E-state index contributed by atoms with van der Waals surface area (Å²) in [5.74, 6) is 0.861. The first kappa shape index (κ1) is 18.9. The minimum absolute atomic E-state index is 0.0418. The van der Waals surface area contributed by atoms with Crippen molar-refractivity contribution in [2.75, 3.05) is 26.7 Å². The van der Waals surface area contributed by atoms with E-state index in [0.717, 1.165) is 30.9 Å². The van der Waals surface area contributed by atoms with Gasteiger partial charge in [0, 0.05) is 12.5 Å². The highest BCUT2D eigenvalue weighted by Crippen LogP contribution is 2.41. The molecule has 1 aliphatic rings. The summed E-state index contributed by atoms with van der Waals surface area (Å²) in [7, 11) is 1.67. The summed E-state index contributed by atoms with van der Waals surface area (Å²) >= 11 is 0. The Kier molecular flexibility index (Phi) is 6.33. The van der Waals surface area contributed by atoms with Crippen LogP contribution in [0.25, 0.3) is 0 Å². The minimum Gasteiger partial charge on any atom is -0.497 e. The Labute approximate surface area is 157 Å². The zero-order chi connectivity index (χ0) is 18.4. The average molecular weight is 354 g/mol. The topological polar surface area (TPSA) is 32.7 Å². The molecule has 2 aromatic rings. The number of piperidine rings is 1. The van der Waals surface area contributed by atoms with E-state index >= 15 is 0 Å². The lowest BCUT2D eigenvalue weighted by Gasteiger charge is -2.40. The predicted octanol–water partition coefficient (Wildman–Crippen LogP) is 4.56. The molecule has 1 aliphatic heterocycles. The summed E-state index contributed by atoms with van der Waals surface area (Å²) in [6, 6.07) is 18.4. The molecular weight excluding hydrogens is 322 g/mol. The Balaban J connectivity index is 1.95. The van der Waals surface area contributed by atoms with Crippen LogP contribution in [0, 0.1) is 0 Å². The summed E-state index contributed by atoms with van der Waals surface area (Å²) in [5.41, 5.74) is 1.27. The SMILES string of the molecule is CC[C@@](O)(c1ccc(OC)cc1)[C@H](CN1CCCCC1)c1ccccc1. The first-order chi connectivity index (χ1) is 12.7. The van der Waals surface area contributed by atoms with E-state index < -0.39 is 5.60 Å². The van der Waals surface area contributed by atoms with Crippen molar-refractivity contribution in [3.05, 3.63) is 65.7 Å². The molecule has 3 nitrogen and oxygen atoms in total. The second-order valence-electron chi connectivity index (χ2n) is 7.33. The van der Waals surface area contributed by atoms with Crippen molar-refractivity contribution in [3.63, 3.8) is 0 Å². The molecule has 2 atom stereocenters. The largest absolute Gasteiger partial charge is 0.497 e. The van der Waals surface area contributed by atoms with E-state index in [1.807, 2.05) is 30.3 Å². The predicted molar refractivity (Wildman–Crippen MR) is 107 cm³/mol. The number of hydrogen-bond donors (Lipinski definition) is 1. The number of ether oxygens (including phenoxy) is 1. The van der Waals surface area contributed by atoms with Crippen LogP contribution < -0.4 is 4.74 Å². The van der Waals surface area contributed by atoms with E-state index in [0.29, 0.717) is 6.42 Å². The van der Waals surface area contributed by atoms with Gasteiger partial charge in [0.25, 0.3) is 0 Å². The zero-order valence-electron chi connectivity index (χ0n) is 16.0. The second-order valence-corrected chi connectivity index (χ2v) is 7.33. The third-order valence-corrected chi connectivity index (χ3v) is 5.80. The summed E-state index contributed by atoms with van der Waals surface area (Å²) in [6.07, 6.45) is 4.51. The molecule has 2 aromatic carbocycles. The first-order valence-electron chi connectivity index (χ1n) is 9.81. The smallest absolute Gasteiger partial charge is 0.118 e. The van der Waals surface area contributed by atoms with E-state index in [-0.39, 0.29) is 5.92 Å². The molecule has 140 valence electrons. The normalized spacial score (nSPS) is 18.9. The Morgan fingerprint density at radius 1 is 1.00 bits per heavy atom. The fourth-order valence-electron chi connectivity index (χ4n) is 4.15. The fourth-order valence-corrected chi connectivity index (χ4v) is 4.15. The van der Waals surface area contributed by atoms with Crippen molar-refractivity contribution in [2.45, 2.75) is 44.1 Å². The Hall–Kier alpha value is -1.84. The first-order valence-corrected chi connectivity index (χ1v) is 9.81. The molecule has 1 fully saturated rings. The molecule has 0 spiro atoms. The molecule has 1 N–H and O–H groups in total. The molecule has 0 radical (unpaired) electrons. The summed E-state index contributed by atoms with van der Waals surface area (Å²) in [4.78, 5) is 2.52. The van der Waals surface area contributed by atoms with Crippen molar-refractivity contribution >= 4 is 0 Å². The number of likely N-dealkylation sites (tertiary alicyclic amines) is 1. The molecule has 0 aromatic heterocycles. The molecule has 1 saturated heterocycles. The van der Waals surface area contributed by atoms with Gasteiger partial charge in [0.05, 0.1) is 12.7 Å². The van der Waals surface area contributed by atoms with E-state index in [4.69, 9.17) is 4.74 Å². The quantitative estimate of drug-likeness (QED) is 0.792. The standard InChI is InChI=1S/C23H31NO2/c1-3-23(25,20-12-14-21(26-2)15-13-20)22(19-10-6-4-7-11-19)18-24-16-8-5-9-17-24/h4,6-7,10-15,22,25H,3,5,8-9,16-18H2,1-2H3/t22-,23-/m1/s1. The van der Waals surface area contributed by atoms with Gasteiger partial charge in [-0.25, -0.2) is 0 Å². The van der Waals surface area contributed by atoms with Crippen LogP contribution in [0.3, 0.4) is 0 Å². The second kappa shape index (κ2) is 8.70. The summed E-state index contributed by atoms with van der Waals surface area (Å²) in [6.45, 7) is 5.23. The van der Waals surface area contributed by atoms with Gasteiger partial charge >= 0.3 is 0 Å². The van der Waals surface area contributed by atoms with Gasteiger partial charge in [-0.05, 0) is 55.6 Å². The molecule has 3 rings (SSSR count). The molecule has 0 unspecified atom stereocenters. The van der Waals surface area contributed by atoms with Gasteiger partial charge in [-0.1, -0.05) is 55.8 Å². The van der Waals surface area contributed by atoms with E-state index in [2.05, 4.69) is 36.1 Å². The molecule has 1 heterocycles. The average Bonchev–Trinajstić information content (AvgIpc) is 2.73. The molecule has 0 amide bonds. The Bertz CT molecular complexity index is 664. The van der Waals surface area contributed by atoms with Crippen molar-refractivity contribution in [2.24, 2.45) is 0 Å². The Morgan fingerprint density at radius 3 is 2.23 bits per heavy atom. The van der Waals surface area contributed by atoms with Crippen molar-refractivity contribution < 1.29 is 9.84 Å². The number of methoxy groups -OCH3 is 1. The van der Waals surface area contributed by atoms with Crippen molar-refractivity contribution in [1.82, 2.24) is 4.90 Å². The minimum atomic E-state index is -0.898. The highest BCUT2D eigenvalue weighted by Gasteiger charge is 2.39. The third kappa shape index (κ3) is 4.11. The van der Waals surface area contributed by atoms with Gasteiger partial charge in [0.2, 0.25) is 0 Å². The van der Waals surface area contributed by atoms with Gasteiger partial charge < -0.3 is 14.7 Å². The van der Waals surface area contributed by atoms with Gasteiger partial charge in [0.15, 0.2) is 0 Å². The van der Waals surface area contributed by atoms with Crippen molar-refractivity contribution in [1.29, 1.82) is 0 Å². The van der Waals surface area contributed by atoms with E-state index in [1.54, 1.807) is 7.11 Å². The van der Waals surface area contributed by atoms with Crippen LogP contribution in [0.4, 0.5) is 0 Å². The van der Waals surface area contributed by atoms with Crippen LogP contribution in [0.15, 0.2) is 54.6 Å². The maximum atomic E-state index is 11.8. The number of rotatable bonds is 7. The molecule has 0 saturated carbocycles. The lowest BCUT2D eigenvalue weighted by atomic mass is 9.75. The molecule has 3 heteroatoms. The monoisotopic (exact) mass is 353 g/mol. The molecular formula is C23H31NO2. The zero-order valence-corrected chi connectivity index (χ0v) is 16.0. The van der Waals surface area contributed by atoms with Gasteiger partial charge in [-0.2, -0.15) is 0 Å². The van der Waals surface area contributed by atoms with Crippen LogP contribution >= 0.6 is 0 Å². The van der Waals surface area contributed by atoms with Crippen LogP contribution in [0.1, 0.15) is 49.7 Å². The summed E-state index contributed by atoms with van der Waals surface area (Å²) < 4.78 is 5.29. The third-order valence-electron chi connectivity index (χ3n) is 5.80. The van der Waals surface area contributed by atoms with Crippen LogP contribution in [0.5, 0.6) is 5.75 Å². The maximum Gasteiger partial charge on any atom is 0.118 e. The number of hydrogen-bond acceptors (Lipinski definition) is 3. The van der Waals surface area contributed by atoms with Crippen LogP contribution in [-0.4, -0.2) is 36.8 Å². The van der Waals surface area contributed by atoms with E-state index in [1.165, 1.54) is 24.8 Å². The lowest BCUT2D eigenvalue weighted by Crippen LogP contribution is -2.42. The molecule has 0 aliphatic carbocycles. The van der Waals surface area contributed by atoms with E-state index in [9.17, 15) is 5.11 Å². The van der Waals surface area contributed by atoms with Gasteiger partial charge in [-0.15, -0.1) is 0 Å².